The molecule has 0 saturated carbocycles. The molecule has 0 bridgehead atoms. The molecule has 0 saturated heterocycles. The highest BCUT2D eigenvalue weighted by Crippen LogP contribution is 2.31. The average molecular weight is 388 g/mol. The van der Waals surface area contributed by atoms with Crippen LogP contribution in [0, 0.1) is 0 Å². The van der Waals surface area contributed by atoms with Crippen molar-refractivity contribution in [2.45, 2.75) is 52.4 Å². The Morgan fingerprint density at radius 2 is 1.89 bits per heavy atom. The zero-order chi connectivity index (χ0) is 20.2. The van der Waals surface area contributed by atoms with E-state index in [0.717, 1.165) is 37.7 Å². The number of fused-ring (bicyclic) bond motifs is 1. The fourth-order valence-corrected chi connectivity index (χ4v) is 3.69. The molecule has 0 aliphatic carbocycles. The fraction of sp³-hybridized carbons (Fsp3) is 0.636. The highest BCUT2D eigenvalue weighted by Gasteiger charge is 2.24. The Balaban J connectivity index is 1.87. The molecular weight excluding hydrogens is 350 g/mol. The highest BCUT2D eigenvalue weighted by molar-refractivity contribution is 5.94. The third-order valence-corrected chi connectivity index (χ3v) is 4.94. The first-order valence-electron chi connectivity index (χ1n) is 10.8. The minimum atomic E-state index is 0.0730. The van der Waals surface area contributed by atoms with Gasteiger partial charge in [0.15, 0.2) is 5.96 Å². The van der Waals surface area contributed by atoms with Gasteiger partial charge in [0.1, 0.15) is 0 Å². The van der Waals surface area contributed by atoms with E-state index in [0.29, 0.717) is 13.0 Å². The first kappa shape index (κ1) is 22.2. The van der Waals surface area contributed by atoms with Crippen molar-refractivity contribution in [3.05, 3.63) is 29.8 Å². The van der Waals surface area contributed by atoms with Gasteiger partial charge in [0.05, 0.1) is 6.54 Å². The Kier molecular flexibility index (Phi) is 9.83. The number of anilines is 1. The number of rotatable bonds is 11. The topological polar surface area (TPSA) is 68.8 Å². The number of nitrogens with zero attached hydrogens (tertiary/aromatic N) is 2. The lowest BCUT2D eigenvalue weighted by atomic mass is 9.91. The molecule has 1 unspecified atom stereocenters. The van der Waals surface area contributed by atoms with Crippen LogP contribution in [0.2, 0.25) is 0 Å². The molecule has 1 amide bonds. The molecule has 3 N–H and O–H groups in total. The van der Waals surface area contributed by atoms with E-state index in [-0.39, 0.29) is 11.8 Å². The van der Waals surface area contributed by atoms with Crippen molar-refractivity contribution in [3.8, 4) is 0 Å². The molecule has 0 aromatic heterocycles. The molecule has 6 heteroatoms. The lowest BCUT2D eigenvalue weighted by molar-refractivity contribution is -0.116. The Morgan fingerprint density at radius 1 is 1.14 bits per heavy atom. The minimum absolute atomic E-state index is 0.0730. The van der Waals surface area contributed by atoms with E-state index >= 15 is 0 Å². The molecule has 1 aromatic carbocycles. The zero-order valence-electron chi connectivity index (χ0n) is 17.8. The van der Waals surface area contributed by atoms with Crippen LogP contribution in [0.25, 0.3) is 0 Å². The smallest absolute Gasteiger partial charge is 0.225 e. The summed E-state index contributed by atoms with van der Waals surface area (Å²) in [5.74, 6) is 1.04. The second-order valence-corrected chi connectivity index (χ2v) is 7.38. The van der Waals surface area contributed by atoms with Gasteiger partial charge in [0, 0.05) is 31.1 Å². The number of carbonyl (C=O) groups is 1. The summed E-state index contributed by atoms with van der Waals surface area (Å²) in [4.78, 5) is 19.3. The van der Waals surface area contributed by atoms with E-state index in [1.165, 1.54) is 31.5 Å². The van der Waals surface area contributed by atoms with E-state index in [1.807, 2.05) is 18.2 Å². The van der Waals surface area contributed by atoms with Crippen molar-refractivity contribution in [3.63, 3.8) is 0 Å². The molecule has 28 heavy (non-hydrogen) atoms. The summed E-state index contributed by atoms with van der Waals surface area (Å²) in [5.41, 5.74) is 2.10. The number of para-hydroxylation sites is 1. The van der Waals surface area contributed by atoms with Gasteiger partial charge in [-0.15, -0.1) is 0 Å². The largest absolute Gasteiger partial charge is 0.357 e. The molecule has 1 heterocycles. The maximum absolute atomic E-state index is 12.0. The standard InChI is InChI=1S/C22H37N5O/c1-4-13-27(14-5-2)15-9-12-24-22(23-6-3)25-17-18-16-21(28)26-20-11-8-7-10-19(18)20/h7-8,10-11,18H,4-6,9,12-17H2,1-3H3,(H,26,28)(H2,23,24,25). The van der Waals surface area contributed by atoms with Crippen LogP contribution in [-0.4, -0.2) is 56.0 Å². The average Bonchev–Trinajstić information content (AvgIpc) is 2.69. The first-order chi connectivity index (χ1) is 13.7. The second-order valence-electron chi connectivity index (χ2n) is 7.38. The Morgan fingerprint density at radius 3 is 2.61 bits per heavy atom. The fourth-order valence-electron chi connectivity index (χ4n) is 3.69. The summed E-state index contributed by atoms with van der Waals surface area (Å²) in [6.45, 7) is 12.3. The third kappa shape index (κ3) is 7.15. The SMILES string of the molecule is CCCN(CCC)CCCNC(=NCC1CC(=O)Nc2ccccc21)NCC. The summed E-state index contributed by atoms with van der Waals surface area (Å²) in [6.07, 6.45) is 3.99. The maximum atomic E-state index is 12.0. The maximum Gasteiger partial charge on any atom is 0.225 e. The van der Waals surface area contributed by atoms with Gasteiger partial charge in [-0.1, -0.05) is 32.0 Å². The van der Waals surface area contributed by atoms with Crippen LogP contribution >= 0.6 is 0 Å². The van der Waals surface area contributed by atoms with E-state index < -0.39 is 0 Å². The summed E-state index contributed by atoms with van der Waals surface area (Å²) >= 11 is 0. The molecule has 1 aromatic rings. The number of benzene rings is 1. The van der Waals surface area contributed by atoms with Crippen molar-refractivity contribution >= 4 is 17.6 Å². The normalized spacial score (nSPS) is 16.6. The molecular formula is C22H37N5O. The van der Waals surface area contributed by atoms with Crippen molar-refractivity contribution in [1.29, 1.82) is 0 Å². The quantitative estimate of drug-likeness (QED) is 0.310. The van der Waals surface area contributed by atoms with E-state index in [2.05, 4.69) is 47.7 Å². The van der Waals surface area contributed by atoms with Crippen LogP contribution in [0.3, 0.4) is 0 Å². The van der Waals surface area contributed by atoms with Gasteiger partial charge in [0.2, 0.25) is 5.91 Å². The molecule has 1 atom stereocenters. The Hall–Kier alpha value is -2.08. The van der Waals surface area contributed by atoms with Gasteiger partial charge in [-0.25, -0.2) is 0 Å². The van der Waals surface area contributed by atoms with Crippen molar-refractivity contribution in [1.82, 2.24) is 15.5 Å². The molecule has 156 valence electrons. The number of hydrogen-bond donors (Lipinski definition) is 3. The number of guanidine groups is 1. The first-order valence-corrected chi connectivity index (χ1v) is 10.8. The molecule has 1 aliphatic heterocycles. The number of amides is 1. The minimum Gasteiger partial charge on any atom is -0.357 e. The molecule has 6 nitrogen and oxygen atoms in total. The molecule has 0 spiro atoms. The third-order valence-electron chi connectivity index (χ3n) is 4.94. The monoisotopic (exact) mass is 387 g/mol. The lowest BCUT2D eigenvalue weighted by Gasteiger charge is -2.24. The van der Waals surface area contributed by atoms with Crippen LogP contribution in [-0.2, 0) is 4.79 Å². The van der Waals surface area contributed by atoms with Crippen molar-refractivity contribution in [2.75, 3.05) is 44.6 Å². The van der Waals surface area contributed by atoms with Crippen LogP contribution in [0.15, 0.2) is 29.3 Å². The van der Waals surface area contributed by atoms with Gasteiger partial charge < -0.3 is 20.9 Å². The van der Waals surface area contributed by atoms with Gasteiger partial charge in [-0.05, 0) is 57.5 Å². The molecule has 0 radical (unpaired) electrons. The number of hydrogen-bond acceptors (Lipinski definition) is 3. The van der Waals surface area contributed by atoms with Crippen LogP contribution < -0.4 is 16.0 Å². The van der Waals surface area contributed by atoms with Gasteiger partial charge in [0.25, 0.3) is 0 Å². The number of carbonyl (C=O) groups excluding carboxylic acids is 1. The van der Waals surface area contributed by atoms with Crippen molar-refractivity contribution in [2.24, 2.45) is 4.99 Å². The zero-order valence-corrected chi connectivity index (χ0v) is 17.8. The predicted octanol–water partition coefficient (Wildman–Crippen LogP) is 3.18. The lowest BCUT2D eigenvalue weighted by Crippen LogP contribution is -2.39. The second kappa shape index (κ2) is 12.4. The highest BCUT2D eigenvalue weighted by atomic mass is 16.1. The molecule has 2 rings (SSSR count). The Bertz CT molecular complexity index is 625. The van der Waals surface area contributed by atoms with E-state index in [1.54, 1.807) is 0 Å². The van der Waals surface area contributed by atoms with Gasteiger partial charge >= 0.3 is 0 Å². The van der Waals surface area contributed by atoms with Crippen LogP contribution in [0.1, 0.15) is 57.9 Å². The van der Waals surface area contributed by atoms with Gasteiger partial charge in [-0.3, -0.25) is 9.79 Å². The van der Waals surface area contributed by atoms with Crippen molar-refractivity contribution < 1.29 is 4.79 Å². The van der Waals surface area contributed by atoms with Crippen LogP contribution in [0.4, 0.5) is 5.69 Å². The van der Waals surface area contributed by atoms with E-state index in [9.17, 15) is 4.79 Å². The Labute approximate surface area is 170 Å². The predicted molar refractivity (Wildman–Crippen MR) is 118 cm³/mol. The summed E-state index contributed by atoms with van der Waals surface area (Å²) in [7, 11) is 0. The summed E-state index contributed by atoms with van der Waals surface area (Å²) < 4.78 is 0. The van der Waals surface area contributed by atoms with Crippen LogP contribution in [0.5, 0.6) is 0 Å². The van der Waals surface area contributed by atoms with Gasteiger partial charge in [-0.2, -0.15) is 0 Å². The van der Waals surface area contributed by atoms with E-state index in [4.69, 9.17) is 4.99 Å². The summed E-state index contributed by atoms with van der Waals surface area (Å²) in [6, 6.07) is 8.03. The summed E-state index contributed by atoms with van der Waals surface area (Å²) in [5, 5.41) is 9.72. The number of nitrogens with one attached hydrogen (secondary N) is 3. The number of aliphatic imine (C=N–C) groups is 1. The molecule has 1 aliphatic rings. The molecule has 0 fully saturated rings.